The molecule has 1 heteroatoms. The van der Waals surface area contributed by atoms with Crippen LogP contribution in [0.1, 0.15) is 33.6 Å². The van der Waals surface area contributed by atoms with E-state index in [0.29, 0.717) is 0 Å². The van der Waals surface area contributed by atoms with E-state index < -0.39 is 0 Å². The molecule has 0 heterocycles. The first-order valence-corrected chi connectivity index (χ1v) is 3.47. The Morgan fingerprint density at radius 1 is 1.44 bits per heavy atom. The molecule has 0 aliphatic rings. The van der Waals surface area contributed by atoms with Gasteiger partial charge in [-0.15, -0.1) is 6.58 Å². The summed E-state index contributed by atoms with van der Waals surface area (Å²) in [5, 5.41) is 0. The first-order valence-electron chi connectivity index (χ1n) is 3.47. The van der Waals surface area contributed by atoms with Crippen molar-refractivity contribution in [2.24, 2.45) is 5.73 Å². The molecule has 0 saturated heterocycles. The maximum absolute atomic E-state index is 5.14. The molecule has 0 atom stereocenters. The zero-order chi connectivity index (χ0) is 7.70. The molecule has 0 aliphatic heterocycles. The van der Waals surface area contributed by atoms with Gasteiger partial charge in [-0.05, 0) is 26.8 Å². The van der Waals surface area contributed by atoms with Crippen LogP contribution in [0.25, 0.3) is 0 Å². The lowest BCUT2D eigenvalue weighted by Gasteiger charge is -1.80. The summed E-state index contributed by atoms with van der Waals surface area (Å²) >= 11 is 0. The summed E-state index contributed by atoms with van der Waals surface area (Å²) in [4.78, 5) is 0. The molecule has 56 valence electrons. The Morgan fingerprint density at radius 3 is 1.78 bits per heavy atom. The minimum absolute atomic E-state index is 0.844. The van der Waals surface area contributed by atoms with Crippen molar-refractivity contribution >= 4 is 0 Å². The zero-order valence-corrected chi connectivity index (χ0v) is 6.91. The Hall–Kier alpha value is -0.300. The van der Waals surface area contributed by atoms with Crippen molar-refractivity contribution in [3.63, 3.8) is 0 Å². The molecular weight excluding hydrogens is 110 g/mol. The van der Waals surface area contributed by atoms with Gasteiger partial charge in [-0.3, -0.25) is 0 Å². The van der Waals surface area contributed by atoms with Gasteiger partial charge in [-0.1, -0.05) is 18.9 Å². The molecule has 0 spiro atoms. The van der Waals surface area contributed by atoms with Crippen LogP contribution < -0.4 is 5.73 Å². The van der Waals surface area contributed by atoms with Crippen molar-refractivity contribution < 1.29 is 0 Å². The molecule has 0 aromatic heterocycles. The van der Waals surface area contributed by atoms with E-state index in [-0.39, 0.29) is 0 Å². The Balaban J connectivity index is 0. The Morgan fingerprint density at radius 2 is 1.78 bits per heavy atom. The number of unbranched alkanes of at least 4 members (excludes halogenated alkanes) is 1. The Bertz CT molecular complexity index is 51.6. The SMILES string of the molecule is C=C(C)C.CCCCN. The molecular formula is C8H19N. The molecule has 0 unspecified atom stereocenters. The minimum atomic E-state index is 0.844. The standard InChI is InChI=1S/C4H11N.C4H8/c1-2-3-4-5;1-4(2)3/h2-5H2,1H3;1H2,2-3H3. The summed E-state index contributed by atoms with van der Waals surface area (Å²) in [6.45, 7) is 10.5. The molecule has 0 fully saturated rings. The van der Waals surface area contributed by atoms with E-state index in [1.165, 1.54) is 18.4 Å². The lowest BCUT2D eigenvalue weighted by atomic mass is 10.3. The zero-order valence-electron chi connectivity index (χ0n) is 6.91. The fraction of sp³-hybridized carbons (Fsp3) is 0.750. The first-order chi connectivity index (χ1) is 4.15. The summed E-state index contributed by atoms with van der Waals surface area (Å²) in [6.07, 6.45) is 2.39. The fourth-order valence-corrected chi connectivity index (χ4v) is 0.204. The van der Waals surface area contributed by atoms with Crippen molar-refractivity contribution in [2.75, 3.05) is 6.54 Å². The predicted octanol–water partition coefficient (Wildman–Crippen LogP) is 2.33. The number of allylic oxidation sites excluding steroid dienone is 1. The van der Waals surface area contributed by atoms with Crippen LogP contribution in [0, 0.1) is 0 Å². The van der Waals surface area contributed by atoms with Gasteiger partial charge in [0, 0.05) is 0 Å². The van der Waals surface area contributed by atoms with Gasteiger partial charge in [0.15, 0.2) is 0 Å². The van der Waals surface area contributed by atoms with E-state index >= 15 is 0 Å². The highest BCUT2D eigenvalue weighted by molar-refractivity contribution is 4.78. The van der Waals surface area contributed by atoms with Crippen LogP contribution >= 0.6 is 0 Å². The van der Waals surface area contributed by atoms with E-state index in [1.807, 2.05) is 13.8 Å². The summed E-state index contributed by atoms with van der Waals surface area (Å²) in [5.41, 5.74) is 6.31. The van der Waals surface area contributed by atoms with Crippen molar-refractivity contribution in [3.05, 3.63) is 12.2 Å². The molecule has 0 rings (SSSR count). The second-order valence-corrected chi connectivity index (χ2v) is 2.35. The van der Waals surface area contributed by atoms with Gasteiger partial charge in [-0.2, -0.15) is 0 Å². The Kier molecular flexibility index (Phi) is 13.6. The van der Waals surface area contributed by atoms with Crippen molar-refractivity contribution in [1.29, 1.82) is 0 Å². The number of rotatable bonds is 2. The van der Waals surface area contributed by atoms with Gasteiger partial charge in [-0.25, -0.2) is 0 Å². The average Bonchev–Trinajstić information content (AvgIpc) is 1.66. The van der Waals surface area contributed by atoms with Crippen LogP contribution in [-0.4, -0.2) is 6.54 Å². The third kappa shape index (κ3) is 86.6. The second kappa shape index (κ2) is 10.6. The number of nitrogens with two attached hydrogens (primary N) is 1. The highest BCUT2D eigenvalue weighted by atomic mass is 14.5. The summed E-state index contributed by atoms with van der Waals surface area (Å²) in [7, 11) is 0. The third-order valence-corrected chi connectivity index (χ3v) is 0.558. The minimum Gasteiger partial charge on any atom is -0.330 e. The molecule has 9 heavy (non-hydrogen) atoms. The molecule has 2 N–H and O–H groups in total. The van der Waals surface area contributed by atoms with Gasteiger partial charge in [0.05, 0.1) is 0 Å². The summed E-state index contributed by atoms with van der Waals surface area (Å²) in [6, 6.07) is 0. The van der Waals surface area contributed by atoms with Crippen molar-refractivity contribution in [2.45, 2.75) is 33.6 Å². The molecule has 0 aromatic carbocycles. The second-order valence-electron chi connectivity index (χ2n) is 2.35. The van der Waals surface area contributed by atoms with Gasteiger partial charge >= 0.3 is 0 Å². The van der Waals surface area contributed by atoms with Gasteiger partial charge in [0.2, 0.25) is 0 Å². The largest absolute Gasteiger partial charge is 0.330 e. The smallest absolute Gasteiger partial charge is 0.00774 e. The van der Waals surface area contributed by atoms with E-state index in [9.17, 15) is 0 Å². The molecule has 1 nitrogen and oxygen atoms in total. The number of hydrogen-bond donors (Lipinski definition) is 1. The van der Waals surface area contributed by atoms with Crippen LogP contribution in [-0.2, 0) is 0 Å². The highest BCUT2D eigenvalue weighted by Crippen LogP contribution is 1.77. The van der Waals surface area contributed by atoms with Crippen molar-refractivity contribution in [3.8, 4) is 0 Å². The molecule has 0 aliphatic carbocycles. The fourth-order valence-electron chi connectivity index (χ4n) is 0.204. The molecule has 0 amide bonds. The average molecular weight is 129 g/mol. The van der Waals surface area contributed by atoms with Crippen LogP contribution in [0.4, 0.5) is 0 Å². The topological polar surface area (TPSA) is 26.0 Å². The number of hydrogen-bond acceptors (Lipinski definition) is 1. The van der Waals surface area contributed by atoms with E-state index in [1.54, 1.807) is 0 Å². The van der Waals surface area contributed by atoms with Crippen molar-refractivity contribution in [1.82, 2.24) is 0 Å². The molecule has 0 bridgehead atoms. The maximum Gasteiger partial charge on any atom is -0.00774 e. The molecule has 0 radical (unpaired) electrons. The normalized spacial score (nSPS) is 7.56. The van der Waals surface area contributed by atoms with E-state index in [2.05, 4.69) is 13.5 Å². The highest BCUT2D eigenvalue weighted by Gasteiger charge is 1.67. The van der Waals surface area contributed by atoms with Crippen LogP contribution in [0.2, 0.25) is 0 Å². The predicted molar refractivity (Wildman–Crippen MR) is 44.5 cm³/mol. The van der Waals surface area contributed by atoms with Gasteiger partial charge < -0.3 is 5.73 Å². The lowest BCUT2D eigenvalue weighted by molar-refractivity contribution is 0.807. The Labute approximate surface area is 58.9 Å². The van der Waals surface area contributed by atoms with E-state index in [4.69, 9.17) is 5.73 Å². The third-order valence-electron chi connectivity index (χ3n) is 0.558. The van der Waals surface area contributed by atoms with E-state index in [0.717, 1.165) is 6.54 Å². The summed E-state index contributed by atoms with van der Waals surface area (Å²) in [5.74, 6) is 0. The maximum atomic E-state index is 5.14. The van der Waals surface area contributed by atoms with Crippen LogP contribution in [0.3, 0.4) is 0 Å². The monoisotopic (exact) mass is 129 g/mol. The van der Waals surface area contributed by atoms with Crippen LogP contribution in [0.15, 0.2) is 12.2 Å². The molecule has 0 aromatic rings. The lowest BCUT2D eigenvalue weighted by Crippen LogP contribution is -1.95. The summed E-state index contributed by atoms with van der Waals surface area (Å²) < 4.78 is 0. The first kappa shape index (κ1) is 11.5. The quantitative estimate of drug-likeness (QED) is 0.569. The van der Waals surface area contributed by atoms with Gasteiger partial charge in [0.1, 0.15) is 0 Å². The van der Waals surface area contributed by atoms with Crippen LogP contribution in [0.5, 0.6) is 0 Å². The molecule has 0 saturated carbocycles. The van der Waals surface area contributed by atoms with Gasteiger partial charge in [0.25, 0.3) is 0 Å².